The average molecular weight is 204 g/mol. The fraction of sp³-hybridized carbons (Fsp3) is 0.462. The molecule has 1 aromatic carbocycles. The minimum Gasteiger partial charge on any atom is -0.493 e. The molecule has 0 bridgehead atoms. The molecule has 1 fully saturated rings. The Morgan fingerprint density at radius 2 is 2.27 bits per heavy atom. The minimum absolute atomic E-state index is 0.0871. The molecule has 0 atom stereocenters. The molecule has 0 heterocycles. The number of Topliss-reactive ketones (excluding diaryl/α,β-unsaturated/α-hetero) is 1. The van der Waals surface area contributed by atoms with Gasteiger partial charge in [0, 0.05) is 5.56 Å². The van der Waals surface area contributed by atoms with Crippen molar-refractivity contribution < 1.29 is 9.53 Å². The van der Waals surface area contributed by atoms with E-state index < -0.39 is 0 Å². The van der Waals surface area contributed by atoms with Gasteiger partial charge < -0.3 is 4.74 Å². The molecule has 0 amide bonds. The maximum atomic E-state index is 11.1. The first-order valence-electron chi connectivity index (χ1n) is 5.49. The van der Waals surface area contributed by atoms with Gasteiger partial charge in [-0.3, -0.25) is 4.79 Å². The molecule has 0 aromatic heterocycles. The first-order chi connectivity index (χ1) is 7.25. The first kappa shape index (κ1) is 10.2. The Morgan fingerprint density at radius 3 is 2.87 bits per heavy atom. The van der Waals surface area contributed by atoms with E-state index in [2.05, 4.69) is 0 Å². The van der Waals surface area contributed by atoms with Crippen LogP contribution in [0, 0.1) is 5.92 Å². The zero-order valence-electron chi connectivity index (χ0n) is 9.03. The van der Waals surface area contributed by atoms with Crippen molar-refractivity contribution in [3.63, 3.8) is 0 Å². The van der Waals surface area contributed by atoms with Crippen molar-refractivity contribution >= 4 is 5.78 Å². The lowest BCUT2D eigenvalue weighted by Gasteiger charge is -2.25. The number of carbonyl (C=O) groups excluding carboxylic acids is 1. The van der Waals surface area contributed by atoms with Crippen LogP contribution in [0.4, 0.5) is 0 Å². The number of ether oxygens (including phenoxy) is 1. The van der Waals surface area contributed by atoms with Gasteiger partial charge in [-0.05, 0) is 37.8 Å². The van der Waals surface area contributed by atoms with Crippen molar-refractivity contribution in [2.75, 3.05) is 6.61 Å². The Morgan fingerprint density at radius 1 is 1.47 bits per heavy atom. The third-order valence-electron chi connectivity index (χ3n) is 2.95. The van der Waals surface area contributed by atoms with Gasteiger partial charge in [-0.15, -0.1) is 0 Å². The van der Waals surface area contributed by atoms with Crippen molar-refractivity contribution in [1.29, 1.82) is 0 Å². The maximum absolute atomic E-state index is 11.1. The number of hydrogen-bond donors (Lipinski definition) is 0. The van der Waals surface area contributed by atoms with E-state index in [1.807, 2.05) is 24.3 Å². The zero-order valence-corrected chi connectivity index (χ0v) is 9.03. The van der Waals surface area contributed by atoms with Crippen LogP contribution in [0.25, 0.3) is 0 Å². The fourth-order valence-electron chi connectivity index (χ4n) is 1.68. The molecular formula is C13H16O2. The van der Waals surface area contributed by atoms with Gasteiger partial charge in [0.05, 0.1) is 6.61 Å². The highest BCUT2D eigenvalue weighted by molar-refractivity contribution is 5.94. The van der Waals surface area contributed by atoms with Crippen LogP contribution < -0.4 is 4.74 Å². The maximum Gasteiger partial charge on any atom is 0.159 e. The van der Waals surface area contributed by atoms with Crippen molar-refractivity contribution in [2.24, 2.45) is 5.92 Å². The Balaban J connectivity index is 1.94. The summed E-state index contributed by atoms with van der Waals surface area (Å²) >= 11 is 0. The van der Waals surface area contributed by atoms with Gasteiger partial charge in [-0.1, -0.05) is 18.6 Å². The highest BCUT2D eigenvalue weighted by Crippen LogP contribution is 2.27. The molecule has 15 heavy (non-hydrogen) atoms. The van der Waals surface area contributed by atoms with Crippen LogP contribution in [-0.4, -0.2) is 12.4 Å². The molecule has 0 spiro atoms. The molecule has 2 nitrogen and oxygen atoms in total. The van der Waals surface area contributed by atoms with Gasteiger partial charge in [-0.2, -0.15) is 0 Å². The normalized spacial score (nSPS) is 15.8. The largest absolute Gasteiger partial charge is 0.493 e. The fourth-order valence-corrected chi connectivity index (χ4v) is 1.68. The van der Waals surface area contributed by atoms with E-state index in [0.717, 1.165) is 23.8 Å². The van der Waals surface area contributed by atoms with Gasteiger partial charge in [0.15, 0.2) is 5.78 Å². The summed E-state index contributed by atoms with van der Waals surface area (Å²) in [5, 5.41) is 0. The lowest BCUT2D eigenvalue weighted by Crippen LogP contribution is -2.19. The Hall–Kier alpha value is -1.31. The molecule has 0 radical (unpaired) electrons. The Bertz CT molecular complexity index is 353. The third-order valence-corrected chi connectivity index (χ3v) is 2.95. The van der Waals surface area contributed by atoms with Crippen molar-refractivity contribution in [1.82, 2.24) is 0 Å². The van der Waals surface area contributed by atoms with Crippen molar-refractivity contribution in [3.05, 3.63) is 29.8 Å². The quantitative estimate of drug-likeness (QED) is 0.704. The second kappa shape index (κ2) is 4.47. The molecule has 2 rings (SSSR count). The van der Waals surface area contributed by atoms with E-state index >= 15 is 0 Å². The van der Waals surface area contributed by atoms with Crippen LogP contribution in [0.3, 0.4) is 0 Å². The molecule has 1 aliphatic carbocycles. The predicted octanol–water partition coefficient (Wildman–Crippen LogP) is 3.07. The summed E-state index contributed by atoms with van der Waals surface area (Å²) in [5.74, 6) is 1.63. The van der Waals surface area contributed by atoms with E-state index in [0.29, 0.717) is 0 Å². The van der Waals surface area contributed by atoms with Crippen LogP contribution in [0.1, 0.15) is 36.5 Å². The molecule has 0 unspecified atom stereocenters. The second-order valence-electron chi connectivity index (χ2n) is 4.19. The molecule has 2 heteroatoms. The summed E-state index contributed by atoms with van der Waals surface area (Å²) in [4.78, 5) is 11.1. The van der Waals surface area contributed by atoms with Crippen LogP contribution in [0.2, 0.25) is 0 Å². The molecule has 80 valence electrons. The average Bonchev–Trinajstić information content (AvgIpc) is 2.16. The summed E-state index contributed by atoms with van der Waals surface area (Å²) < 4.78 is 5.65. The van der Waals surface area contributed by atoms with Crippen LogP contribution >= 0.6 is 0 Å². The first-order valence-corrected chi connectivity index (χ1v) is 5.49. The number of hydrogen-bond acceptors (Lipinski definition) is 2. The molecule has 1 aliphatic rings. The van der Waals surface area contributed by atoms with Gasteiger partial charge >= 0.3 is 0 Å². The SMILES string of the molecule is CC(=O)c1cccc(OCC2CCC2)c1. The molecule has 1 saturated carbocycles. The zero-order chi connectivity index (χ0) is 10.7. The van der Waals surface area contributed by atoms with Gasteiger partial charge in [-0.25, -0.2) is 0 Å². The van der Waals surface area contributed by atoms with E-state index in [-0.39, 0.29) is 5.78 Å². The lowest BCUT2D eigenvalue weighted by molar-refractivity contribution is 0.101. The van der Waals surface area contributed by atoms with E-state index in [9.17, 15) is 4.79 Å². The summed E-state index contributed by atoms with van der Waals surface area (Å²) in [6.45, 7) is 2.37. The molecular weight excluding hydrogens is 188 g/mol. The summed E-state index contributed by atoms with van der Waals surface area (Å²) in [7, 11) is 0. The number of rotatable bonds is 4. The summed E-state index contributed by atoms with van der Waals surface area (Å²) in [6.07, 6.45) is 3.90. The molecule has 0 saturated heterocycles. The van der Waals surface area contributed by atoms with Crippen LogP contribution in [0.5, 0.6) is 5.75 Å². The topological polar surface area (TPSA) is 26.3 Å². The van der Waals surface area contributed by atoms with Gasteiger partial charge in [0.25, 0.3) is 0 Å². The smallest absolute Gasteiger partial charge is 0.159 e. The van der Waals surface area contributed by atoms with E-state index in [1.54, 1.807) is 6.92 Å². The lowest BCUT2D eigenvalue weighted by atomic mass is 9.86. The van der Waals surface area contributed by atoms with Crippen LogP contribution in [-0.2, 0) is 0 Å². The minimum atomic E-state index is 0.0871. The third kappa shape index (κ3) is 2.58. The number of carbonyl (C=O) groups is 1. The molecule has 0 aliphatic heterocycles. The summed E-state index contributed by atoms with van der Waals surface area (Å²) in [6, 6.07) is 7.41. The standard InChI is InChI=1S/C13H16O2/c1-10(14)12-6-3-7-13(8-12)15-9-11-4-2-5-11/h3,6-8,11H,2,4-5,9H2,1H3. The highest BCUT2D eigenvalue weighted by atomic mass is 16.5. The number of benzene rings is 1. The Labute approximate surface area is 90.3 Å². The Kier molecular flexibility index (Phi) is 3.05. The van der Waals surface area contributed by atoms with Crippen molar-refractivity contribution in [3.8, 4) is 5.75 Å². The molecule has 0 N–H and O–H groups in total. The van der Waals surface area contributed by atoms with Crippen LogP contribution in [0.15, 0.2) is 24.3 Å². The second-order valence-corrected chi connectivity index (χ2v) is 4.19. The summed E-state index contributed by atoms with van der Waals surface area (Å²) in [5.41, 5.74) is 0.723. The van der Waals surface area contributed by atoms with E-state index in [4.69, 9.17) is 4.74 Å². The van der Waals surface area contributed by atoms with Crippen molar-refractivity contribution in [2.45, 2.75) is 26.2 Å². The molecule has 1 aromatic rings. The monoisotopic (exact) mass is 204 g/mol. The van der Waals surface area contributed by atoms with Gasteiger partial charge in [0.1, 0.15) is 5.75 Å². The number of ketones is 1. The highest BCUT2D eigenvalue weighted by Gasteiger charge is 2.17. The van der Waals surface area contributed by atoms with Gasteiger partial charge in [0.2, 0.25) is 0 Å². The predicted molar refractivity (Wildman–Crippen MR) is 59.3 cm³/mol. The van der Waals surface area contributed by atoms with E-state index in [1.165, 1.54) is 19.3 Å².